The van der Waals surface area contributed by atoms with Crippen molar-refractivity contribution < 1.29 is 9.59 Å². The van der Waals surface area contributed by atoms with Crippen molar-refractivity contribution in [3.63, 3.8) is 0 Å². The van der Waals surface area contributed by atoms with Gasteiger partial charge in [0, 0.05) is 32.7 Å². The van der Waals surface area contributed by atoms with Gasteiger partial charge in [-0.1, -0.05) is 30.3 Å². The molecule has 1 aromatic carbocycles. The maximum Gasteiger partial charge on any atom is 0.317 e. The molecule has 0 saturated carbocycles. The third kappa shape index (κ3) is 4.36. The number of halogens is 1. The minimum atomic E-state index is -1.05. The molecule has 0 bridgehead atoms. The van der Waals surface area contributed by atoms with Crippen LogP contribution in [0.25, 0.3) is 0 Å². The molecule has 1 aliphatic heterocycles. The molecule has 1 atom stereocenters. The number of rotatable bonds is 3. The van der Waals surface area contributed by atoms with Crippen LogP contribution >= 0.6 is 12.4 Å². The lowest BCUT2D eigenvalue weighted by atomic mass is 9.91. The van der Waals surface area contributed by atoms with Crippen molar-refractivity contribution in [3.8, 4) is 0 Å². The average Bonchev–Trinajstić information content (AvgIpc) is 2.55. The minimum absolute atomic E-state index is 0. The van der Waals surface area contributed by atoms with Crippen molar-refractivity contribution in [2.45, 2.75) is 19.4 Å². The Kier molecular flexibility index (Phi) is 6.84. The average molecular weight is 341 g/mol. The molecular weight excluding hydrogens is 316 g/mol. The monoisotopic (exact) mass is 340 g/mol. The van der Waals surface area contributed by atoms with Crippen molar-refractivity contribution in [1.82, 2.24) is 15.1 Å². The first-order chi connectivity index (χ1) is 10.5. The van der Waals surface area contributed by atoms with E-state index in [1.807, 2.05) is 37.3 Å². The summed E-state index contributed by atoms with van der Waals surface area (Å²) >= 11 is 0. The maximum atomic E-state index is 12.7. The Labute approximate surface area is 143 Å². The number of piperazine rings is 1. The van der Waals surface area contributed by atoms with Crippen LogP contribution in [0.15, 0.2) is 30.3 Å². The molecule has 6 nitrogen and oxygen atoms in total. The molecule has 1 saturated heterocycles. The van der Waals surface area contributed by atoms with Crippen molar-refractivity contribution in [2.75, 3.05) is 32.7 Å². The van der Waals surface area contributed by atoms with E-state index in [-0.39, 0.29) is 24.3 Å². The summed E-state index contributed by atoms with van der Waals surface area (Å²) in [7, 11) is 0. The van der Waals surface area contributed by atoms with Gasteiger partial charge in [0.2, 0.25) is 5.91 Å². The lowest BCUT2D eigenvalue weighted by Gasteiger charge is -2.38. The fourth-order valence-corrected chi connectivity index (χ4v) is 2.61. The summed E-state index contributed by atoms with van der Waals surface area (Å²) in [6, 6.07) is 9.30. The number of nitrogens with two attached hydrogens (primary N) is 1. The van der Waals surface area contributed by atoms with Crippen LogP contribution in [0.1, 0.15) is 19.4 Å². The van der Waals surface area contributed by atoms with E-state index in [0.717, 1.165) is 5.56 Å². The predicted octanol–water partition coefficient (Wildman–Crippen LogP) is 1.16. The number of nitrogens with one attached hydrogen (secondary N) is 1. The second kappa shape index (κ2) is 8.17. The van der Waals surface area contributed by atoms with Crippen LogP contribution in [-0.2, 0) is 10.3 Å². The number of hydrogen-bond acceptors (Lipinski definition) is 3. The van der Waals surface area contributed by atoms with Crippen molar-refractivity contribution in [1.29, 1.82) is 0 Å². The SMILES string of the molecule is CCNC(=O)N1CCN(C(=O)C(C)(N)c2ccccc2)CC1.Cl. The number of carbonyl (C=O) groups is 2. The zero-order chi connectivity index (χ0) is 16.2. The van der Waals surface area contributed by atoms with Crippen LogP contribution in [0, 0.1) is 0 Å². The molecule has 0 spiro atoms. The Balaban J connectivity index is 0.00000264. The first-order valence-electron chi connectivity index (χ1n) is 7.63. The van der Waals surface area contributed by atoms with Crippen LogP contribution in [0.2, 0.25) is 0 Å². The molecule has 7 heteroatoms. The summed E-state index contributed by atoms with van der Waals surface area (Å²) in [4.78, 5) is 27.9. The molecule has 23 heavy (non-hydrogen) atoms. The molecule has 1 fully saturated rings. The zero-order valence-corrected chi connectivity index (χ0v) is 14.4. The van der Waals surface area contributed by atoms with Gasteiger partial charge < -0.3 is 20.9 Å². The van der Waals surface area contributed by atoms with Gasteiger partial charge in [0.1, 0.15) is 5.54 Å². The molecule has 0 radical (unpaired) electrons. The second-order valence-electron chi connectivity index (χ2n) is 5.68. The number of hydrogen-bond donors (Lipinski definition) is 2. The Morgan fingerprint density at radius 2 is 1.65 bits per heavy atom. The summed E-state index contributed by atoms with van der Waals surface area (Å²) < 4.78 is 0. The van der Waals surface area contributed by atoms with Gasteiger partial charge in [-0.2, -0.15) is 0 Å². The van der Waals surface area contributed by atoms with Gasteiger partial charge in [-0.15, -0.1) is 12.4 Å². The largest absolute Gasteiger partial charge is 0.338 e. The van der Waals surface area contributed by atoms with Crippen LogP contribution in [0.4, 0.5) is 4.79 Å². The molecule has 1 aliphatic rings. The quantitative estimate of drug-likeness (QED) is 0.866. The van der Waals surface area contributed by atoms with Crippen LogP contribution in [0.5, 0.6) is 0 Å². The van der Waals surface area contributed by atoms with E-state index in [1.165, 1.54) is 0 Å². The fraction of sp³-hybridized carbons (Fsp3) is 0.500. The summed E-state index contributed by atoms with van der Waals surface area (Å²) in [6.45, 7) is 6.31. The maximum absolute atomic E-state index is 12.7. The molecule has 128 valence electrons. The van der Waals surface area contributed by atoms with Gasteiger partial charge in [-0.3, -0.25) is 4.79 Å². The molecule has 3 N–H and O–H groups in total. The van der Waals surface area contributed by atoms with Gasteiger partial charge in [0.15, 0.2) is 0 Å². The Bertz CT molecular complexity index is 528. The van der Waals surface area contributed by atoms with Crippen LogP contribution < -0.4 is 11.1 Å². The number of amides is 3. The van der Waals surface area contributed by atoms with Gasteiger partial charge in [0.25, 0.3) is 0 Å². The molecule has 2 rings (SSSR count). The zero-order valence-electron chi connectivity index (χ0n) is 13.6. The third-order valence-corrected chi connectivity index (χ3v) is 4.00. The molecule has 3 amide bonds. The van der Waals surface area contributed by atoms with E-state index >= 15 is 0 Å². The number of urea groups is 1. The van der Waals surface area contributed by atoms with Crippen molar-refractivity contribution in [2.24, 2.45) is 5.73 Å². The third-order valence-electron chi connectivity index (χ3n) is 4.00. The Morgan fingerprint density at radius 1 is 1.13 bits per heavy atom. The highest BCUT2D eigenvalue weighted by molar-refractivity contribution is 5.87. The summed E-state index contributed by atoms with van der Waals surface area (Å²) in [5.41, 5.74) is 6.02. The molecule has 1 heterocycles. The molecule has 0 aliphatic carbocycles. The van der Waals surface area contributed by atoms with E-state index < -0.39 is 5.54 Å². The van der Waals surface area contributed by atoms with Gasteiger partial charge in [-0.05, 0) is 19.4 Å². The van der Waals surface area contributed by atoms with E-state index in [4.69, 9.17) is 5.73 Å². The Hall–Kier alpha value is -1.79. The van der Waals surface area contributed by atoms with Gasteiger partial charge >= 0.3 is 6.03 Å². The van der Waals surface area contributed by atoms with E-state index in [1.54, 1.807) is 16.7 Å². The predicted molar refractivity (Wildman–Crippen MR) is 92.5 cm³/mol. The summed E-state index contributed by atoms with van der Waals surface area (Å²) in [6.07, 6.45) is 0. The van der Waals surface area contributed by atoms with Crippen LogP contribution in [0.3, 0.4) is 0 Å². The van der Waals surface area contributed by atoms with Gasteiger partial charge in [0.05, 0.1) is 0 Å². The summed E-state index contributed by atoms with van der Waals surface area (Å²) in [5, 5.41) is 2.77. The van der Waals surface area contributed by atoms with E-state index in [9.17, 15) is 9.59 Å². The fourth-order valence-electron chi connectivity index (χ4n) is 2.61. The lowest BCUT2D eigenvalue weighted by Crippen LogP contribution is -2.58. The first kappa shape index (κ1) is 19.3. The summed E-state index contributed by atoms with van der Waals surface area (Å²) in [5.74, 6) is -0.103. The van der Waals surface area contributed by atoms with Crippen LogP contribution in [-0.4, -0.2) is 54.5 Å². The smallest absolute Gasteiger partial charge is 0.317 e. The normalized spacial score (nSPS) is 17.0. The van der Waals surface area contributed by atoms with E-state index in [2.05, 4.69) is 5.32 Å². The molecule has 1 unspecified atom stereocenters. The highest BCUT2D eigenvalue weighted by atomic mass is 35.5. The second-order valence-corrected chi connectivity index (χ2v) is 5.68. The standard InChI is InChI=1S/C16H24N4O2.ClH/c1-3-18-15(22)20-11-9-19(10-12-20)14(21)16(2,17)13-7-5-4-6-8-13;/h4-8H,3,9-12,17H2,1-2H3,(H,18,22);1H. The Morgan fingerprint density at radius 3 is 2.17 bits per heavy atom. The molecule has 0 aromatic heterocycles. The topological polar surface area (TPSA) is 78.7 Å². The number of nitrogens with zero attached hydrogens (tertiary/aromatic N) is 2. The van der Waals surface area contributed by atoms with Gasteiger partial charge in [-0.25, -0.2) is 4.79 Å². The first-order valence-corrected chi connectivity index (χ1v) is 7.63. The molecule has 1 aromatic rings. The highest BCUT2D eigenvalue weighted by Gasteiger charge is 2.36. The minimum Gasteiger partial charge on any atom is -0.338 e. The lowest BCUT2D eigenvalue weighted by molar-refractivity contribution is -0.138. The van der Waals surface area contributed by atoms with E-state index in [0.29, 0.717) is 32.7 Å². The number of carbonyl (C=O) groups excluding carboxylic acids is 2. The van der Waals surface area contributed by atoms with Crippen molar-refractivity contribution >= 4 is 24.3 Å². The van der Waals surface area contributed by atoms with Crippen molar-refractivity contribution in [3.05, 3.63) is 35.9 Å². The molecular formula is C16H25ClN4O2. The number of benzene rings is 1. The highest BCUT2D eigenvalue weighted by Crippen LogP contribution is 2.21.